The summed E-state index contributed by atoms with van der Waals surface area (Å²) >= 11 is 0. The molecule has 3 rings (SSSR count). The molecule has 0 atom stereocenters. The number of carbonyl (C=O) groups excluding carboxylic acids is 1. The van der Waals surface area contributed by atoms with E-state index in [4.69, 9.17) is 0 Å². The fourth-order valence-electron chi connectivity index (χ4n) is 2.64. The first-order valence-corrected chi connectivity index (χ1v) is 6.86. The maximum atomic E-state index is 12.7. The highest BCUT2D eigenvalue weighted by Gasteiger charge is 2.19. The number of fused-ring (bicyclic) bond motifs is 1. The second-order valence-electron chi connectivity index (χ2n) is 5.35. The van der Waals surface area contributed by atoms with Gasteiger partial charge in [-0.25, -0.2) is 0 Å². The molecule has 3 aromatic rings. The molecule has 21 heavy (non-hydrogen) atoms. The average Bonchev–Trinajstić information content (AvgIpc) is 3.00. The van der Waals surface area contributed by atoms with Gasteiger partial charge < -0.3 is 9.88 Å². The molecule has 1 amide bonds. The largest absolute Gasteiger partial charge is 0.358 e. The van der Waals surface area contributed by atoms with Gasteiger partial charge in [-0.2, -0.15) is 5.10 Å². The van der Waals surface area contributed by atoms with E-state index in [1.165, 1.54) is 0 Å². The third-order valence-electron chi connectivity index (χ3n) is 3.63. The average molecular weight is 282 g/mol. The molecule has 1 aromatic carbocycles. The smallest absolute Gasteiger partial charge is 0.256 e. The maximum Gasteiger partial charge on any atom is 0.256 e. The van der Waals surface area contributed by atoms with Gasteiger partial charge >= 0.3 is 0 Å². The molecule has 0 aliphatic rings. The summed E-state index contributed by atoms with van der Waals surface area (Å²) in [6, 6.07) is 7.88. The summed E-state index contributed by atoms with van der Waals surface area (Å²) in [5, 5.41) is 5.10. The SMILES string of the molecule is Cc1[nH]c2ccccc2c1C(=O)N(C)Cc1cnn(C)c1. The molecule has 0 bridgehead atoms. The number of nitrogens with zero attached hydrogens (tertiary/aromatic N) is 3. The number of amides is 1. The summed E-state index contributed by atoms with van der Waals surface area (Å²) < 4.78 is 1.74. The van der Waals surface area contributed by atoms with E-state index in [2.05, 4.69) is 10.1 Å². The fourth-order valence-corrected chi connectivity index (χ4v) is 2.64. The number of hydrogen-bond donors (Lipinski definition) is 1. The van der Waals surface area contributed by atoms with Crippen molar-refractivity contribution in [2.75, 3.05) is 7.05 Å². The molecule has 2 heterocycles. The molecule has 108 valence electrons. The van der Waals surface area contributed by atoms with Crippen molar-refractivity contribution in [2.24, 2.45) is 7.05 Å². The van der Waals surface area contributed by atoms with Crippen molar-refractivity contribution >= 4 is 16.8 Å². The van der Waals surface area contributed by atoms with Crippen molar-refractivity contribution in [1.29, 1.82) is 0 Å². The number of rotatable bonds is 3. The Balaban J connectivity index is 1.91. The lowest BCUT2D eigenvalue weighted by molar-refractivity contribution is 0.0786. The monoisotopic (exact) mass is 282 g/mol. The Bertz CT molecular complexity index is 800. The molecule has 0 radical (unpaired) electrons. The molecule has 0 spiro atoms. The van der Waals surface area contributed by atoms with Gasteiger partial charge in [-0.3, -0.25) is 9.48 Å². The molecule has 0 aliphatic carbocycles. The zero-order valence-corrected chi connectivity index (χ0v) is 12.4. The number of aromatic nitrogens is 3. The summed E-state index contributed by atoms with van der Waals surface area (Å²) in [7, 11) is 3.69. The van der Waals surface area contributed by atoms with Crippen molar-refractivity contribution in [3.8, 4) is 0 Å². The van der Waals surface area contributed by atoms with Crippen LogP contribution in [0, 0.1) is 6.92 Å². The standard InChI is InChI=1S/C16H18N4O/c1-11-15(13-6-4-5-7-14(13)18-11)16(21)19(2)9-12-8-17-20(3)10-12/h4-8,10,18H,9H2,1-3H3. The predicted octanol–water partition coefficient (Wildman–Crippen LogP) is 2.48. The van der Waals surface area contributed by atoms with Gasteiger partial charge in [0.25, 0.3) is 5.91 Å². The third kappa shape index (κ3) is 2.42. The lowest BCUT2D eigenvalue weighted by atomic mass is 10.1. The summed E-state index contributed by atoms with van der Waals surface area (Å²) in [5.74, 6) is 0.0220. The molecule has 2 aromatic heterocycles. The van der Waals surface area contributed by atoms with E-state index in [0.717, 1.165) is 27.7 Å². The van der Waals surface area contributed by atoms with Gasteiger partial charge in [-0.1, -0.05) is 18.2 Å². The second-order valence-corrected chi connectivity index (χ2v) is 5.35. The Morgan fingerprint density at radius 1 is 1.38 bits per heavy atom. The molecule has 0 saturated carbocycles. The Labute approximate surface area is 123 Å². The molecular weight excluding hydrogens is 264 g/mol. The quantitative estimate of drug-likeness (QED) is 0.802. The van der Waals surface area contributed by atoms with Gasteiger partial charge in [0, 0.05) is 49.0 Å². The van der Waals surface area contributed by atoms with E-state index in [1.807, 2.05) is 51.5 Å². The van der Waals surface area contributed by atoms with Gasteiger partial charge in [-0.15, -0.1) is 0 Å². The first-order chi connectivity index (χ1) is 10.1. The molecule has 5 nitrogen and oxygen atoms in total. The summed E-state index contributed by atoms with van der Waals surface area (Å²) in [6.07, 6.45) is 3.71. The zero-order valence-electron chi connectivity index (χ0n) is 12.4. The highest BCUT2D eigenvalue weighted by atomic mass is 16.2. The number of carbonyl (C=O) groups is 1. The summed E-state index contributed by atoms with van der Waals surface area (Å²) in [6.45, 7) is 2.48. The van der Waals surface area contributed by atoms with Crippen LogP contribution < -0.4 is 0 Å². The summed E-state index contributed by atoms with van der Waals surface area (Å²) in [5.41, 5.74) is 3.66. The molecule has 0 aliphatic heterocycles. The molecule has 0 unspecified atom stereocenters. The van der Waals surface area contributed by atoms with E-state index in [9.17, 15) is 4.79 Å². The van der Waals surface area contributed by atoms with Gasteiger partial charge in [-0.05, 0) is 13.0 Å². The first-order valence-electron chi connectivity index (χ1n) is 6.86. The van der Waals surface area contributed by atoms with Crippen LogP contribution in [0.3, 0.4) is 0 Å². The Hall–Kier alpha value is -2.56. The topological polar surface area (TPSA) is 53.9 Å². The minimum absolute atomic E-state index is 0.0220. The number of H-pyrrole nitrogens is 1. The van der Waals surface area contributed by atoms with E-state index in [0.29, 0.717) is 6.54 Å². The lowest BCUT2D eigenvalue weighted by Gasteiger charge is -2.16. The van der Waals surface area contributed by atoms with Gasteiger partial charge in [0.05, 0.1) is 11.8 Å². The van der Waals surface area contributed by atoms with Gasteiger partial charge in [0.1, 0.15) is 0 Å². The maximum absolute atomic E-state index is 12.7. The van der Waals surface area contributed by atoms with E-state index in [-0.39, 0.29) is 5.91 Å². The van der Waals surface area contributed by atoms with Crippen molar-refractivity contribution < 1.29 is 4.79 Å². The van der Waals surface area contributed by atoms with Gasteiger partial charge in [0.15, 0.2) is 0 Å². The van der Waals surface area contributed by atoms with Crippen LogP contribution in [0.4, 0.5) is 0 Å². The van der Waals surface area contributed by atoms with Crippen LogP contribution in [0.25, 0.3) is 10.9 Å². The first kappa shape index (κ1) is 13.4. The highest BCUT2D eigenvalue weighted by molar-refractivity contribution is 6.07. The van der Waals surface area contributed by atoms with E-state index in [1.54, 1.807) is 15.8 Å². The molecule has 0 saturated heterocycles. The molecule has 0 fully saturated rings. The normalized spacial score (nSPS) is 11.0. The van der Waals surface area contributed by atoms with Gasteiger partial charge in [0.2, 0.25) is 0 Å². The number of benzene rings is 1. The van der Waals surface area contributed by atoms with Crippen molar-refractivity contribution in [3.05, 3.63) is 53.5 Å². The Morgan fingerprint density at radius 3 is 2.86 bits per heavy atom. The summed E-state index contributed by atoms with van der Waals surface area (Å²) in [4.78, 5) is 17.7. The minimum atomic E-state index is 0.0220. The second kappa shape index (κ2) is 5.09. The Kier molecular flexibility index (Phi) is 3.25. The predicted molar refractivity (Wildman–Crippen MR) is 82.0 cm³/mol. The molecule has 5 heteroatoms. The van der Waals surface area contributed by atoms with Crippen LogP contribution in [-0.2, 0) is 13.6 Å². The Morgan fingerprint density at radius 2 is 2.14 bits per heavy atom. The van der Waals surface area contributed by atoms with Crippen molar-refractivity contribution in [2.45, 2.75) is 13.5 Å². The molecule has 1 N–H and O–H groups in total. The van der Waals surface area contributed by atoms with Crippen LogP contribution >= 0.6 is 0 Å². The van der Waals surface area contributed by atoms with E-state index >= 15 is 0 Å². The van der Waals surface area contributed by atoms with Crippen LogP contribution in [-0.4, -0.2) is 32.6 Å². The van der Waals surface area contributed by atoms with E-state index < -0.39 is 0 Å². The fraction of sp³-hybridized carbons (Fsp3) is 0.250. The van der Waals surface area contributed by atoms with Crippen LogP contribution in [0.1, 0.15) is 21.6 Å². The van der Waals surface area contributed by atoms with Crippen molar-refractivity contribution in [3.63, 3.8) is 0 Å². The van der Waals surface area contributed by atoms with Crippen LogP contribution in [0.5, 0.6) is 0 Å². The highest BCUT2D eigenvalue weighted by Crippen LogP contribution is 2.23. The number of aromatic amines is 1. The number of aryl methyl sites for hydroxylation is 2. The van der Waals surface area contributed by atoms with Crippen LogP contribution in [0.2, 0.25) is 0 Å². The van der Waals surface area contributed by atoms with Crippen molar-refractivity contribution in [1.82, 2.24) is 19.7 Å². The van der Waals surface area contributed by atoms with Crippen LogP contribution in [0.15, 0.2) is 36.7 Å². The zero-order chi connectivity index (χ0) is 15.0. The number of para-hydroxylation sites is 1. The third-order valence-corrected chi connectivity index (χ3v) is 3.63. The number of nitrogens with one attached hydrogen (secondary N) is 1. The molecular formula is C16H18N4O. The lowest BCUT2D eigenvalue weighted by Crippen LogP contribution is -2.26. The minimum Gasteiger partial charge on any atom is -0.358 e. The number of hydrogen-bond acceptors (Lipinski definition) is 2.